The number of aliphatic hydroxyl groups excluding tert-OH is 1. The predicted octanol–water partition coefficient (Wildman–Crippen LogP) is 2.65. The molecule has 0 amide bonds. The molecule has 2 N–H and O–H groups in total. The molecular formula is C10H10F6O2. The highest BCUT2D eigenvalue weighted by atomic mass is 19.4. The standard InChI is InChI=1S/C7H8O.C3H2F6O/c8-6-7-4-2-1-3-5-7;4-1(5)2(6,10)3(7,8)9/h1-5,8H,6H2;1,10H. The maximum Gasteiger partial charge on any atom is 0.454 e. The number of benzene rings is 1. The fourth-order valence-electron chi connectivity index (χ4n) is 0.707. The molecule has 1 rings (SSSR count). The third kappa shape index (κ3) is 4.92. The summed E-state index contributed by atoms with van der Waals surface area (Å²) >= 11 is 0. The largest absolute Gasteiger partial charge is 0.454 e. The third-order valence-electron chi connectivity index (χ3n) is 1.71. The van der Waals surface area contributed by atoms with Crippen LogP contribution in [0.4, 0.5) is 26.3 Å². The SMILES string of the molecule is OC(F)(C(F)F)C(F)(F)F.OCc1ccccc1. The number of hydrogen-bond acceptors (Lipinski definition) is 2. The molecule has 0 aliphatic heterocycles. The van der Waals surface area contributed by atoms with E-state index in [-0.39, 0.29) is 6.61 Å². The van der Waals surface area contributed by atoms with Crippen molar-refractivity contribution in [3.63, 3.8) is 0 Å². The molecule has 1 atom stereocenters. The lowest BCUT2D eigenvalue weighted by molar-refractivity contribution is -0.352. The van der Waals surface area contributed by atoms with E-state index in [0.29, 0.717) is 0 Å². The van der Waals surface area contributed by atoms with Gasteiger partial charge in [0.2, 0.25) is 0 Å². The Balaban J connectivity index is 0.000000327. The molecule has 0 aliphatic rings. The molecule has 104 valence electrons. The fraction of sp³-hybridized carbons (Fsp3) is 0.400. The monoisotopic (exact) mass is 276 g/mol. The van der Waals surface area contributed by atoms with E-state index in [4.69, 9.17) is 10.2 Å². The molecule has 0 saturated carbocycles. The Hall–Kier alpha value is -1.28. The van der Waals surface area contributed by atoms with E-state index in [0.717, 1.165) is 5.56 Å². The molecule has 0 saturated heterocycles. The zero-order chi connectivity index (χ0) is 14.4. The van der Waals surface area contributed by atoms with Gasteiger partial charge in [0.25, 0.3) is 0 Å². The summed E-state index contributed by atoms with van der Waals surface area (Å²) in [6.07, 6.45) is -10.4. The Labute approximate surface area is 98.5 Å². The molecule has 0 aliphatic carbocycles. The van der Waals surface area contributed by atoms with Crippen LogP contribution in [0.15, 0.2) is 30.3 Å². The second kappa shape index (κ2) is 6.60. The molecule has 0 fully saturated rings. The van der Waals surface area contributed by atoms with Crippen LogP contribution in [0.5, 0.6) is 0 Å². The molecule has 1 aromatic rings. The van der Waals surface area contributed by atoms with Gasteiger partial charge < -0.3 is 10.2 Å². The molecule has 8 heteroatoms. The van der Waals surface area contributed by atoms with Gasteiger partial charge in [-0.05, 0) is 5.56 Å². The van der Waals surface area contributed by atoms with Gasteiger partial charge >= 0.3 is 18.5 Å². The van der Waals surface area contributed by atoms with E-state index >= 15 is 0 Å². The summed E-state index contributed by atoms with van der Waals surface area (Å²) in [4.78, 5) is 0. The lowest BCUT2D eigenvalue weighted by Crippen LogP contribution is -2.47. The van der Waals surface area contributed by atoms with E-state index < -0.39 is 18.5 Å². The van der Waals surface area contributed by atoms with Crippen LogP contribution in [0.1, 0.15) is 5.56 Å². The van der Waals surface area contributed by atoms with Crippen molar-refractivity contribution in [3.8, 4) is 0 Å². The van der Waals surface area contributed by atoms with Crippen molar-refractivity contribution in [3.05, 3.63) is 35.9 Å². The van der Waals surface area contributed by atoms with E-state index in [1.165, 1.54) is 0 Å². The van der Waals surface area contributed by atoms with Crippen molar-refractivity contribution >= 4 is 0 Å². The van der Waals surface area contributed by atoms with Gasteiger partial charge in [-0.2, -0.15) is 17.6 Å². The quantitative estimate of drug-likeness (QED) is 0.815. The molecule has 0 bridgehead atoms. The molecular weight excluding hydrogens is 266 g/mol. The van der Waals surface area contributed by atoms with Crippen LogP contribution >= 0.6 is 0 Å². The van der Waals surface area contributed by atoms with Crippen LogP contribution < -0.4 is 0 Å². The summed E-state index contributed by atoms with van der Waals surface area (Å²) < 4.78 is 66.3. The molecule has 0 aromatic heterocycles. The van der Waals surface area contributed by atoms with Gasteiger partial charge in [-0.15, -0.1) is 0 Å². The maximum atomic E-state index is 11.4. The van der Waals surface area contributed by atoms with Crippen molar-refractivity contribution in [2.24, 2.45) is 0 Å². The van der Waals surface area contributed by atoms with Crippen LogP contribution in [0.3, 0.4) is 0 Å². The van der Waals surface area contributed by atoms with Crippen molar-refractivity contribution in [2.75, 3.05) is 0 Å². The number of alkyl halides is 6. The Morgan fingerprint density at radius 2 is 1.44 bits per heavy atom. The van der Waals surface area contributed by atoms with Gasteiger partial charge in [0, 0.05) is 0 Å². The normalized spacial score (nSPS) is 14.7. The van der Waals surface area contributed by atoms with Crippen LogP contribution in [-0.2, 0) is 6.61 Å². The first-order valence-corrected chi connectivity index (χ1v) is 4.54. The number of aliphatic hydroxyl groups is 2. The molecule has 1 aromatic carbocycles. The van der Waals surface area contributed by atoms with E-state index in [2.05, 4.69) is 0 Å². The summed E-state index contributed by atoms with van der Waals surface area (Å²) in [6.45, 7) is 0.140. The van der Waals surface area contributed by atoms with Crippen LogP contribution in [0, 0.1) is 0 Å². The highest BCUT2D eigenvalue weighted by Gasteiger charge is 2.62. The maximum absolute atomic E-state index is 11.4. The molecule has 0 spiro atoms. The molecule has 1 unspecified atom stereocenters. The Morgan fingerprint density at radius 1 is 1.00 bits per heavy atom. The van der Waals surface area contributed by atoms with E-state index in [9.17, 15) is 26.3 Å². The van der Waals surface area contributed by atoms with Crippen molar-refractivity contribution in [1.29, 1.82) is 0 Å². The van der Waals surface area contributed by atoms with E-state index in [1.54, 1.807) is 0 Å². The second-order valence-electron chi connectivity index (χ2n) is 3.12. The lowest BCUT2D eigenvalue weighted by Gasteiger charge is -2.20. The first-order chi connectivity index (χ1) is 8.13. The highest BCUT2D eigenvalue weighted by molar-refractivity contribution is 5.12. The Bertz CT molecular complexity index is 336. The van der Waals surface area contributed by atoms with Gasteiger partial charge in [0.15, 0.2) is 0 Å². The summed E-state index contributed by atoms with van der Waals surface area (Å²) in [6, 6.07) is 9.52. The molecule has 0 radical (unpaired) electrons. The van der Waals surface area contributed by atoms with Gasteiger partial charge in [0.05, 0.1) is 6.61 Å². The topological polar surface area (TPSA) is 40.5 Å². The second-order valence-corrected chi connectivity index (χ2v) is 3.12. The Kier molecular flexibility index (Phi) is 6.13. The first kappa shape index (κ1) is 16.7. The van der Waals surface area contributed by atoms with Crippen molar-refractivity contribution in [2.45, 2.75) is 25.1 Å². The number of halogens is 6. The first-order valence-electron chi connectivity index (χ1n) is 4.54. The molecule has 2 nitrogen and oxygen atoms in total. The van der Waals surface area contributed by atoms with E-state index in [1.807, 2.05) is 30.3 Å². The van der Waals surface area contributed by atoms with Gasteiger partial charge in [-0.25, -0.2) is 8.78 Å². The van der Waals surface area contributed by atoms with Crippen LogP contribution in [0.2, 0.25) is 0 Å². The minimum atomic E-state index is -5.94. The lowest BCUT2D eigenvalue weighted by atomic mass is 10.2. The van der Waals surface area contributed by atoms with Crippen LogP contribution in [0.25, 0.3) is 0 Å². The van der Waals surface area contributed by atoms with Crippen LogP contribution in [-0.4, -0.2) is 28.7 Å². The smallest absolute Gasteiger partial charge is 0.392 e. The van der Waals surface area contributed by atoms with Crippen molar-refractivity contribution < 1.29 is 36.6 Å². The van der Waals surface area contributed by atoms with Gasteiger partial charge in [-0.3, -0.25) is 0 Å². The average molecular weight is 276 g/mol. The minimum Gasteiger partial charge on any atom is -0.392 e. The summed E-state index contributed by atoms with van der Waals surface area (Å²) in [5.41, 5.74) is 0.965. The van der Waals surface area contributed by atoms with Gasteiger partial charge in [0.1, 0.15) is 0 Å². The van der Waals surface area contributed by atoms with Gasteiger partial charge in [-0.1, -0.05) is 30.3 Å². The highest BCUT2D eigenvalue weighted by Crippen LogP contribution is 2.36. The minimum absolute atomic E-state index is 0.140. The predicted molar refractivity (Wildman–Crippen MR) is 50.5 cm³/mol. The molecule has 0 heterocycles. The average Bonchev–Trinajstić information content (AvgIpc) is 2.29. The summed E-state index contributed by atoms with van der Waals surface area (Å²) in [5, 5.41) is 15.9. The van der Waals surface area contributed by atoms with Crippen molar-refractivity contribution in [1.82, 2.24) is 0 Å². The molecule has 18 heavy (non-hydrogen) atoms. The Morgan fingerprint density at radius 3 is 1.61 bits per heavy atom. The number of rotatable bonds is 2. The fourth-order valence-corrected chi connectivity index (χ4v) is 0.707. The summed E-state index contributed by atoms with van der Waals surface area (Å²) in [7, 11) is 0. The summed E-state index contributed by atoms with van der Waals surface area (Å²) in [5.74, 6) is -5.40. The number of hydrogen-bond donors (Lipinski definition) is 2. The zero-order valence-corrected chi connectivity index (χ0v) is 8.83. The zero-order valence-electron chi connectivity index (χ0n) is 8.83. The third-order valence-corrected chi connectivity index (χ3v) is 1.71.